The van der Waals surface area contributed by atoms with E-state index < -0.39 is 17.7 Å². The van der Waals surface area contributed by atoms with Gasteiger partial charge in [-0.15, -0.1) is 0 Å². The normalized spacial score (nSPS) is 16.9. The summed E-state index contributed by atoms with van der Waals surface area (Å²) in [6, 6.07) is 14.0. The van der Waals surface area contributed by atoms with Gasteiger partial charge in [-0.1, -0.05) is 38.1 Å². The molecule has 0 bridgehead atoms. The van der Waals surface area contributed by atoms with Crippen molar-refractivity contribution in [2.45, 2.75) is 26.8 Å². The molecule has 0 spiro atoms. The average molecular weight is 519 g/mol. The van der Waals surface area contributed by atoms with E-state index in [1.54, 1.807) is 30.0 Å². The summed E-state index contributed by atoms with van der Waals surface area (Å²) >= 11 is 0. The number of benzene rings is 2. The van der Waals surface area contributed by atoms with Crippen LogP contribution in [0.3, 0.4) is 0 Å². The van der Waals surface area contributed by atoms with Gasteiger partial charge in [-0.25, -0.2) is 4.68 Å². The number of aliphatic hydroxyl groups excluding tert-OH is 1. The number of ketones is 1. The zero-order chi connectivity index (χ0) is 27.4. The van der Waals surface area contributed by atoms with Crippen molar-refractivity contribution in [1.82, 2.24) is 19.6 Å². The Bertz CT molecular complexity index is 1340. The van der Waals surface area contributed by atoms with E-state index in [0.717, 1.165) is 18.8 Å². The summed E-state index contributed by atoms with van der Waals surface area (Å²) in [5.41, 5.74) is 2.52. The van der Waals surface area contributed by atoms with Crippen LogP contribution in [0, 0.1) is 6.92 Å². The second-order valence-electron chi connectivity index (χ2n) is 9.02. The number of ether oxygens (including phenoxy) is 2. The first-order chi connectivity index (χ1) is 18.4. The summed E-state index contributed by atoms with van der Waals surface area (Å²) in [7, 11) is 3.07. The molecule has 3 aromatic rings. The number of nitrogens with zero attached hydrogens (tertiary/aromatic N) is 4. The lowest BCUT2D eigenvalue weighted by atomic mass is 9.95. The number of hydrogen-bond acceptors (Lipinski definition) is 7. The molecule has 9 heteroatoms. The van der Waals surface area contributed by atoms with Crippen LogP contribution in [-0.4, -0.2) is 76.8 Å². The van der Waals surface area contributed by atoms with Crippen molar-refractivity contribution in [2.24, 2.45) is 0 Å². The Hall–Kier alpha value is -4.11. The molecule has 0 aliphatic carbocycles. The Morgan fingerprint density at radius 3 is 2.34 bits per heavy atom. The molecule has 38 heavy (non-hydrogen) atoms. The van der Waals surface area contributed by atoms with E-state index >= 15 is 0 Å². The smallest absolute Gasteiger partial charge is 0.295 e. The van der Waals surface area contributed by atoms with Gasteiger partial charge in [0.25, 0.3) is 11.7 Å². The number of aliphatic hydroxyl groups is 1. The van der Waals surface area contributed by atoms with Gasteiger partial charge in [-0.2, -0.15) is 5.10 Å². The Labute approximate surface area is 222 Å². The van der Waals surface area contributed by atoms with Crippen molar-refractivity contribution in [3.63, 3.8) is 0 Å². The van der Waals surface area contributed by atoms with Gasteiger partial charge in [0.2, 0.25) is 0 Å². The molecule has 0 saturated carbocycles. The molecule has 1 saturated heterocycles. The summed E-state index contributed by atoms with van der Waals surface area (Å²) in [5.74, 6) is -0.642. The molecule has 1 aliphatic heterocycles. The van der Waals surface area contributed by atoms with Gasteiger partial charge in [-0.3, -0.25) is 9.59 Å². The number of amides is 1. The van der Waals surface area contributed by atoms with Gasteiger partial charge in [0.1, 0.15) is 5.76 Å². The maximum absolute atomic E-state index is 13.5. The molecule has 1 N–H and O–H groups in total. The zero-order valence-corrected chi connectivity index (χ0v) is 22.5. The number of carbonyl (C=O) groups excluding carboxylic acids is 2. The lowest BCUT2D eigenvalue weighted by Crippen LogP contribution is -2.38. The molecule has 200 valence electrons. The molecule has 2 heterocycles. The fraction of sp³-hybridized carbons (Fsp3) is 0.345. The van der Waals surface area contributed by atoms with E-state index in [2.05, 4.69) is 23.8 Å². The van der Waals surface area contributed by atoms with Crippen molar-refractivity contribution in [2.75, 3.05) is 40.4 Å². The maximum atomic E-state index is 13.5. The SMILES string of the molecule is CCN(CC)CCN1C(=O)C(=O)/C(=C(/O)c2cnn(-c3ccccc3)c2C)C1c1ccc(OC)c(OC)c1. The summed E-state index contributed by atoms with van der Waals surface area (Å²) in [6.07, 6.45) is 1.52. The highest BCUT2D eigenvalue weighted by molar-refractivity contribution is 6.46. The lowest BCUT2D eigenvalue weighted by molar-refractivity contribution is -0.140. The van der Waals surface area contributed by atoms with E-state index in [9.17, 15) is 14.7 Å². The number of para-hydroxylation sites is 1. The van der Waals surface area contributed by atoms with Gasteiger partial charge in [-0.05, 0) is 49.8 Å². The number of likely N-dealkylation sites (tertiary alicyclic amines) is 1. The first-order valence-electron chi connectivity index (χ1n) is 12.7. The number of Topliss-reactive ketones (excluding diaryl/α,β-unsaturated/α-hetero) is 1. The minimum atomic E-state index is -0.801. The van der Waals surface area contributed by atoms with Crippen molar-refractivity contribution in [3.8, 4) is 17.2 Å². The van der Waals surface area contributed by atoms with Gasteiger partial charge in [0, 0.05) is 13.1 Å². The number of rotatable bonds is 10. The summed E-state index contributed by atoms with van der Waals surface area (Å²) in [5, 5.41) is 16.0. The molecule has 1 aromatic heterocycles. The van der Waals surface area contributed by atoms with Crippen LogP contribution in [0.25, 0.3) is 11.4 Å². The van der Waals surface area contributed by atoms with Crippen molar-refractivity contribution in [1.29, 1.82) is 0 Å². The van der Waals surface area contributed by atoms with Crippen LogP contribution in [0.2, 0.25) is 0 Å². The highest BCUT2D eigenvalue weighted by Crippen LogP contribution is 2.42. The molecule has 1 atom stereocenters. The molecule has 9 nitrogen and oxygen atoms in total. The summed E-state index contributed by atoms with van der Waals surface area (Å²) in [6.45, 7) is 8.47. The van der Waals surface area contributed by atoms with Gasteiger partial charge >= 0.3 is 0 Å². The Kier molecular flexibility index (Phi) is 8.16. The molecular formula is C29H34N4O5. The van der Waals surface area contributed by atoms with Gasteiger partial charge < -0.3 is 24.4 Å². The quantitative estimate of drug-likeness (QED) is 0.247. The van der Waals surface area contributed by atoms with E-state index in [0.29, 0.717) is 41.4 Å². The first-order valence-corrected chi connectivity index (χ1v) is 12.7. The Morgan fingerprint density at radius 2 is 1.71 bits per heavy atom. The van der Waals surface area contributed by atoms with Crippen LogP contribution in [0.15, 0.2) is 60.3 Å². The highest BCUT2D eigenvalue weighted by atomic mass is 16.5. The highest BCUT2D eigenvalue weighted by Gasteiger charge is 2.46. The Morgan fingerprint density at radius 1 is 1.03 bits per heavy atom. The predicted molar refractivity (Wildman–Crippen MR) is 145 cm³/mol. The van der Waals surface area contributed by atoms with Crippen LogP contribution in [0.5, 0.6) is 11.5 Å². The molecule has 1 aliphatic rings. The Balaban J connectivity index is 1.85. The third kappa shape index (κ3) is 4.89. The van der Waals surface area contributed by atoms with Crippen molar-refractivity contribution >= 4 is 17.4 Å². The predicted octanol–water partition coefficient (Wildman–Crippen LogP) is 3.96. The molecule has 2 aromatic carbocycles. The number of aromatic nitrogens is 2. The molecule has 1 amide bonds. The summed E-state index contributed by atoms with van der Waals surface area (Å²) < 4.78 is 12.6. The fourth-order valence-electron chi connectivity index (χ4n) is 4.89. The third-order valence-electron chi connectivity index (χ3n) is 7.08. The number of hydrogen-bond donors (Lipinski definition) is 1. The van der Waals surface area contributed by atoms with Gasteiger partial charge in [0.15, 0.2) is 11.5 Å². The summed E-state index contributed by atoms with van der Waals surface area (Å²) in [4.78, 5) is 30.5. The second kappa shape index (κ2) is 11.5. The third-order valence-corrected chi connectivity index (χ3v) is 7.08. The van der Waals surface area contributed by atoms with Crippen LogP contribution in [-0.2, 0) is 9.59 Å². The topological polar surface area (TPSA) is 97.1 Å². The number of methoxy groups -OCH3 is 2. The monoisotopic (exact) mass is 518 g/mol. The zero-order valence-electron chi connectivity index (χ0n) is 22.5. The fourth-order valence-corrected chi connectivity index (χ4v) is 4.89. The second-order valence-corrected chi connectivity index (χ2v) is 9.02. The standard InChI is InChI=1S/C29H34N4O5/c1-6-31(7-2)15-16-32-26(20-13-14-23(37-4)24(17-20)38-5)25(28(35)29(32)36)27(34)22-18-30-33(19(22)3)21-11-9-8-10-12-21/h8-14,17-18,26,34H,6-7,15-16H2,1-5H3/b27-25+. The molecule has 4 rings (SSSR count). The number of carbonyl (C=O) groups is 2. The maximum Gasteiger partial charge on any atom is 0.295 e. The minimum absolute atomic E-state index is 0.0254. The van der Waals surface area contributed by atoms with Crippen molar-refractivity contribution in [3.05, 3.63) is 77.1 Å². The first kappa shape index (κ1) is 26.9. The van der Waals surface area contributed by atoms with E-state index in [1.807, 2.05) is 37.3 Å². The molecule has 0 radical (unpaired) electrons. The van der Waals surface area contributed by atoms with Gasteiger partial charge in [0.05, 0.1) is 49.0 Å². The number of likely N-dealkylation sites (N-methyl/N-ethyl adjacent to an activating group) is 1. The van der Waals surface area contributed by atoms with Crippen LogP contribution in [0.1, 0.15) is 36.7 Å². The lowest BCUT2D eigenvalue weighted by Gasteiger charge is -2.28. The van der Waals surface area contributed by atoms with E-state index in [4.69, 9.17) is 9.47 Å². The van der Waals surface area contributed by atoms with Crippen LogP contribution in [0.4, 0.5) is 0 Å². The van der Waals surface area contributed by atoms with E-state index in [-0.39, 0.29) is 11.3 Å². The van der Waals surface area contributed by atoms with Crippen LogP contribution < -0.4 is 9.47 Å². The molecular weight excluding hydrogens is 484 g/mol. The van der Waals surface area contributed by atoms with Crippen LogP contribution >= 0.6 is 0 Å². The molecule has 1 fully saturated rings. The largest absolute Gasteiger partial charge is 0.507 e. The van der Waals surface area contributed by atoms with Crippen molar-refractivity contribution < 1.29 is 24.2 Å². The molecule has 1 unspecified atom stereocenters. The average Bonchev–Trinajstić information content (AvgIpc) is 3.45. The minimum Gasteiger partial charge on any atom is -0.507 e. The van der Waals surface area contributed by atoms with E-state index in [1.165, 1.54) is 18.2 Å².